The summed E-state index contributed by atoms with van der Waals surface area (Å²) in [5, 5.41) is 5.13. The second kappa shape index (κ2) is 8.84. The highest BCUT2D eigenvalue weighted by Gasteiger charge is 2.22. The Morgan fingerprint density at radius 2 is 1.55 bits per heavy atom. The summed E-state index contributed by atoms with van der Waals surface area (Å²) in [5.74, 6) is -1.43. The molecule has 0 aliphatic rings. The zero-order valence-electron chi connectivity index (χ0n) is 16.1. The van der Waals surface area contributed by atoms with E-state index in [2.05, 4.69) is 15.4 Å². The van der Waals surface area contributed by atoms with Crippen molar-refractivity contribution in [1.82, 2.24) is 4.72 Å². The summed E-state index contributed by atoms with van der Waals surface area (Å²) in [7, 11) is -3.95. The van der Waals surface area contributed by atoms with Gasteiger partial charge in [-0.15, -0.1) is 0 Å². The molecule has 3 amide bonds. The minimum atomic E-state index is -3.95. The lowest BCUT2D eigenvalue weighted by atomic mass is 10.1. The zero-order chi connectivity index (χ0) is 21.8. The van der Waals surface area contributed by atoms with E-state index in [0.717, 1.165) is 0 Å². The Kier molecular flexibility index (Phi) is 6.72. The SMILES string of the molecule is CC(=O)Nc1ccc(S(=O)(=O)N[C@@H](C)C(=O)Nc2ccc(C(N)=O)c(C)c2)cc1. The van der Waals surface area contributed by atoms with Crippen LogP contribution in [0.1, 0.15) is 29.8 Å². The molecular weight excluding hydrogens is 396 g/mol. The lowest BCUT2D eigenvalue weighted by molar-refractivity contribution is -0.117. The van der Waals surface area contributed by atoms with Crippen molar-refractivity contribution < 1.29 is 22.8 Å². The number of primary amides is 1. The smallest absolute Gasteiger partial charge is 0.248 e. The van der Waals surface area contributed by atoms with Gasteiger partial charge in [-0.2, -0.15) is 4.72 Å². The predicted molar refractivity (Wildman–Crippen MR) is 109 cm³/mol. The quantitative estimate of drug-likeness (QED) is 0.536. The standard InChI is InChI=1S/C19H22N4O5S/c1-11-10-15(6-9-17(11)18(20)25)22-19(26)12(2)23-29(27,28)16-7-4-14(5-8-16)21-13(3)24/h4-10,12,23H,1-3H3,(H2,20,25)(H,21,24)(H,22,26)/t12-/m0/s1. The molecular formula is C19H22N4O5S. The molecule has 154 valence electrons. The largest absolute Gasteiger partial charge is 0.366 e. The van der Waals surface area contributed by atoms with Gasteiger partial charge in [0.1, 0.15) is 0 Å². The Labute approximate surface area is 168 Å². The van der Waals surface area contributed by atoms with Crippen molar-refractivity contribution in [3.05, 3.63) is 53.6 Å². The number of anilines is 2. The topological polar surface area (TPSA) is 147 Å². The molecule has 0 spiro atoms. The number of nitrogens with one attached hydrogen (secondary N) is 3. The van der Waals surface area contributed by atoms with Gasteiger partial charge in [0.05, 0.1) is 10.9 Å². The molecule has 29 heavy (non-hydrogen) atoms. The van der Waals surface area contributed by atoms with Crippen molar-refractivity contribution in [2.24, 2.45) is 5.73 Å². The first-order valence-corrected chi connectivity index (χ1v) is 10.1. The van der Waals surface area contributed by atoms with Crippen molar-refractivity contribution >= 4 is 39.1 Å². The van der Waals surface area contributed by atoms with Gasteiger partial charge in [-0.25, -0.2) is 8.42 Å². The maximum Gasteiger partial charge on any atom is 0.248 e. The fraction of sp³-hybridized carbons (Fsp3) is 0.211. The highest BCUT2D eigenvalue weighted by atomic mass is 32.2. The van der Waals surface area contributed by atoms with Gasteiger partial charge >= 0.3 is 0 Å². The number of hydrogen-bond donors (Lipinski definition) is 4. The molecule has 0 aromatic heterocycles. The van der Waals surface area contributed by atoms with Crippen LogP contribution < -0.4 is 21.1 Å². The van der Waals surface area contributed by atoms with Crippen LogP contribution in [0.25, 0.3) is 0 Å². The van der Waals surface area contributed by atoms with Crippen LogP contribution in [0, 0.1) is 6.92 Å². The van der Waals surface area contributed by atoms with E-state index in [-0.39, 0.29) is 10.8 Å². The second-order valence-electron chi connectivity index (χ2n) is 6.43. The molecule has 2 aromatic rings. The number of hydrogen-bond acceptors (Lipinski definition) is 5. The van der Waals surface area contributed by atoms with Crippen molar-refractivity contribution in [2.45, 2.75) is 31.7 Å². The van der Waals surface area contributed by atoms with Crippen molar-refractivity contribution in [2.75, 3.05) is 10.6 Å². The van der Waals surface area contributed by atoms with Gasteiger partial charge in [-0.3, -0.25) is 14.4 Å². The van der Waals surface area contributed by atoms with Crippen LogP contribution in [0.3, 0.4) is 0 Å². The molecule has 0 saturated carbocycles. The van der Waals surface area contributed by atoms with Gasteiger partial charge in [-0.05, 0) is 61.9 Å². The molecule has 0 unspecified atom stereocenters. The van der Waals surface area contributed by atoms with E-state index >= 15 is 0 Å². The van der Waals surface area contributed by atoms with Crippen LogP contribution in [0.5, 0.6) is 0 Å². The number of nitrogens with two attached hydrogens (primary N) is 1. The lowest BCUT2D eigenvalue weighted by Gasteiger charge is -2.15. The van der Waals surface area contributed by atoms with E-state index in [9.17, 15) is 22.8 Å². The fourth-order valence-corrected chi connectivity index (χ4v) is 3.75. The number of amides is 3. The van der Waals surface area contributed by atoms with Crippen molar-refractivity contribution in [3.8, 4) is 0 Å². The van der Waals surface area contributed by atoms with Gasteiger partial charge in [0, 0.05) is 23.9 Å². The van der Waals surface area contributed by atoms with Crippen LogP contribution in [-0.4, -0.2) is 32.2 Å². The summed E-state index contributed by atoms with van der Waals surface area (Å²) in [4.78, 5) is 34.6. The van der Waals surface area contributed by atoms with Gasteiger partial charge in [0.15, 0.2) is 0 Å². The van der Waals surface area contributed by atoms with Gasteiger partial charge in [0.2, 0.25) is 27.7 Å². The van der Waals surface area contributed by atoms with E-state index in [0.29, 0.717) is 22.5 Å². The molecule has 0 bridgehead atoms. The first kappa shape index (κ1) is 22.1. The van der Waals surface area contributed by atoms with Crippen molar-refractivity contribution in [3.63, 3.8) is 0 Å². The van der Waals surface area contributed by atoms with Gasteiger partial charge in [0.25, 0.3) is 0 Å². The molecule has 0 fully saturated rings. The van der Waals surface area contributed by atoms with Crippen LogP contribution in [-0.2, 0) is 19.6 Å². The van der Waals surface area contributed by atoms with Gasteiger partial charge < -0.3 is 16.4 Å². The number of rotatable bonds is 7. The number of carbonyl (C=O) groups excluding carboxylic acids is 3. The fourth-order valence-electron chi connectivity index (χ4n) is 2.54. The highest BCUT2D eigenvalue weighted by molar-refractivity contribution is 7.89. The molecule has 2 rings (SSSR count). The molecule has 1 atom stereocenters. The Balaban J connectivity index is 2.07. The first-order chi connectivity index (χ1) is 13.5. The van der Waals surface area contributed by atoms with E-state index in [1.807, 2.05) is 0 Å². The summed E-state index contributed by atoms with van der Waals surface area (Å²) in [6.07, 6.45) is 0. The maximum absolute atomic E-state index is 12.5. The third kappa shape index (κ3) is 5.87. The monoisotopic (exact) mass is 418 g/mol. The predicted octanol–water partition coefficient (Wildman–Crippen LogP) is 1.36. The second-order valence-corrected chi connectivity index (χ2v) is 8.15. The maximum atomic E-state index is 12.5. The molecule has 0 saturated heterocycles. The third-order valence-electron chi connectivity index (χ3n) is 3.97. The van der Waals surface area contributed by atoms with E-state index < -0.39 is 27.9 Å². The number of sulfonamides is 1. The van der Waals surface area contributed by atoms with Crippen LogP contribution in [0.4, 0.5) is 11.4 Å². The van der Waals surface area contributed by atoms with Crippen LogP contribution in [0.2, 0.25) is 0 Å². The summed E-state index contributed by atoms with van der Waals surface area (Å²) in [6, 6.07) is 9.04. The molecule has 2 aromatic carbocycles. The van der Waals surface area contributed by atoms with E-state index in [1.54, 1.807) is 13.0 Å². The minimum Gasteiger partial charge on any atom is -0.366 e. The molecule has 0 aliphatic carbocycles. The van der Waals surface area contributed by atoms with Gasteiger partial charge in [-0.1, -0.05) is 0 Å². The van der Waals surface area contributed by atoms with E-state index in [1.165, 1.54) is 50.2 Å². The summed E-state index contributed by atoms with van der Waals surface area (Å²) in [5.41, 5.74) is 7.03. The number of aryl methyl sites for hydroxylation is 1. The Morgan fingerprint density at radius 1 is 0.966 bits per heavy atom. The van der Waals surface area contributed by atoms with Crippen molar-refractivity contribution in [1.29, 1.82) is 0 Å². The lowest BCUT2D eigenvalue weighted by Crippen LogP contribution is -2.41. The molecule has 0 radical (unpaired) electrons. The average Bonchev–Trinajstić information content (AvgIpc) is 2.61. The Hall–Kier alpha value is -3.24. The average molecular weight is 418 g/mol. The highest BCUT2D eigenvalue weighted by Crippen LogP contribution is 2.17. The zero-order valence-corrected chi connectivity index (χ0v) is 17.0. The first-order valence-electron chi connectivity index (χ1n) is 8.61. The minimum absolute atomic E-state index is 0.0482. The molecule has 0 heterocycles. The normalized spacial score (nSPS) is 12.1. The molecule has 0 aliphatic heterocycles. The Morgan fingerprint density at radius 3 is 2.07 bits per heavy atom. The molecule has 9 nitrogen and oxygen atoms in total. The number of carbonyl (C=O) groups is 3. The molecule has 10 heteroatoms. The summed E-state index contributed by atoms with van der Waals surface area (Å²) < 4.78 is 27.2. The summed E-state index contributed by atoms with van der Waals surface area (Å²) >= 11 is 0. The van der Waals surface area contributed by atoms with Crippen LogP contribution >= 0.6 is 0 Å². The summed E-state index contributed by atoms with van der Waals surface area (Å²) in [6.45, 7) is 4.42. The third-order valence-corrected chi connectivity index (χ3v) is 5.53. The van der Waals surface area contributed by atoms with Crippen LogP contribution in [0.15, 0.2) is 47.4 Å². The Bertz CT molecular complexity index is 1050. The molecule has 5 N–H and O–H groups in total. The number of benzene rings is 2. The van der Waals surface area contributed by atoms with E-state index in [4.69, 9.17) is 5.73 Å².